The summed E-state index contributed by atoms with van der Waals surface area (Å²) in [5, 5.41) is 9.75. The van der Waals surface area contributed by atoms with Crippen molar-refractivity contribution in [1.29, 1.82) is 0 Å². The first kappa shape index (κ1) is 13.1. The Kier molecular flexibility index (Phi) is 3.02. The van der Waals surface area contributed by atoms with Gasteiger partial charge in [0.25, 0.3) is 5.56 Å². The molecule has 1 N–H and O–H groups in total. The Bertz CT molecular complexity index is 913. The summed E-state index contributed by atoms with van der Waals surface area (Å²) < 4.78 is 1.34. The lowest BCUT2D eigenvalue weighted by atomic mass is 10.1. The minimum atomic E-state index is -1.08. The number of hydrogen-bond donors (Lipinski definition) is 1. The number of nitrogens with zero attached hydrogens (tertiary/aromatic N) is 2. The molecule has 3 aromatic rings. The molecule has 0 radical (unpaired) electrons. The molecule has 0 atom stereocenters. The third-order valence-electron chi connectivity index (χ3n) is 3.32. The van der Waals surface area contributed by atoms with E-state index in [-0.39, 0.29) is 11.1 Å². The molecule has 21 heavy (non-hydrogen) atoms. The summed E-state index contributed by atoms with van der Waals surface area (Å²) in [5.74, 6) is -0.627. The van der Waals surface area contributed by atoms with Gasteiger partial charge < -0.3 is 5.11 Å². The standard InChI is InChI=1S/C16H12N2O3/c1-10-17-13-8-4-2-6-11(13)15(19)18(10)14-9-5-3-7-12(14)16(20)21/h2-9H,1H3,(H,20,21). The highest BCUT2D eigenvalue weighted by molar-refractivity contribution is 5.92. The van der Waals surface area contributed by atoms with E-state index in [1.54, 1.807) is 43.3 Å². The van der Waals surface area contributed by atoms with Gasteiger partial charge in [-0.1, -0.05) is 24.3 Å². The van der Waals surface area contributed by atoms with Crippen LogP contribution in [0.4, 0.5) is 0 Å². The van der Waals surface area contributed by atoms with Gasteiger partial charge in [0.2, 0.25) is 0 Å². The Balaban J connectivity index is 2.42. The van der Waals surface area contributed by atoms with E-state index in [1.807, 2.05) is 6.07 Å². The fraction of sp³-hybridized carbons (Fsp3) is 0.0625. The van der Waals surface area contributed by atoms with E-state index in [0.29, 0.717) is 22.4 Å². The molecule has 0 aliphatic rings. The highest BCUT2D eigenvalue weighted by atomic mass is 16.4. The molecule has 0 bridgehead atoms. The molecule has 0 aliphatic carbocycles. The maximum Gasteiger partial charge on any atom is 0.337 e. The lowest BCUT2D eigenvalue weighted by Crippen LogP contribution is -2.24. The number of aryl methyl sites for hydroxylation is 1. The molecule has 0 spiro atoms. The van der Waals surface area contributed by atoms with Crippen molar-refractivity contribution in [2.45, 2.75) is 6.92 Å². The third kappa shape index (κ3) is 2.08. The predicted octanol–water partition coefficient (Wildman–Crippen LogP) is 2.39. The van der Waals surface area contributed by atoms with Gasteiger partial charge in [-0.25, -0.2) is 9.78 Å². The van der Waals surface area contributed by atoms with Crippen molar-refractivity contribution < 1.29 is 9.90 Å². The van der Waals surface area contributed by atoms with E-state index in [2.05, 4.69) is 4.98 Å². The highest BCUT2D eigenvalue weighted by Gasteiger charge is 2.15. The average Bonchev–Trinajstić information content (AvgIpc) is 2.47. The fourth-order valence-electron chi connectivity index (χ4n) is 2.38. The summed E-state index contributed by atoms with van der Waals surface area (Å²) in [6, 6.07) is 13.4. The number of benzene rings is 2. The lowest BCUT2D eigenvalue weighted by molar-refractivity contribution is 0.0697. The molecule has 1 aromatic heterocycles. The molecular formula is C16H12N2O3. The van der Waals surface area contributed by atoms with Crippen LogP contribution in [0.1, 0.15) is 16.2 Å². The van der Waals surface area contributed by atoms with Crippen LogP contribution >= 0.6 is 0 Å². The average molecular weight is 280 g/mol. The maximum atomic E-state index is 12.7. The first-order chi connectivity index (χ1) is 10.1. The number of aromatic nitrogens is 2. The van der Waals surface area contributed by atoms with Crippen molar-refractivity contribution in [1.82, 2.24) is 9.55 Å². The van der Waals surface area contributed by atoms with Gasteiger partial charge in [0.05, 0.1) is 22.2 Å². The number of hydrogen-bond acceptors (Lipinski definition) is 3. The van der Waals surface area contributed by atoms with Crippen LogP contribution in [-0.2, 0) is 0 Å². The Morgan fingerprint density at radius 3 is 2.52 bits per heavy atom. The van der Waals surface area contributed by atoms with Gasteiger partial charge in [-0.05, 0) is 31.2 Å². The Hall–Kier alpha value is -2.95. The van der Waals surface area contributed by atoms with Gasteiger partial charge in [-0.15, -0.1) is 0 Å². The largest absolute Gasteiger partial charge is 0.478 e. The first-order valence-electron chi connectivity index (χ1n) is 6.40. The van der Waals surface area contributed by atoms with Crippen LogP contribution < -0.4 is 5.56 Å². The maximum absolute atomic E-state index is 12.7. The summed E-state index contributed by atoms with van der Waals surface area (Å²) in [7, 11) is 0. The fourth-order valence-corrected chi connectivity index (χ4v) is 2.38. The zero-order valence-electron chi connectivity index (χ0n) is 11.3. The van der Waals surface area contributed by atoms with Crippen molar-refractivity contribution >= 4 is 16.9 Å². The van der Waals surface area contributed by atoms with E-state index in [0.717, 1.165) is 0 Å². The number of rotatable bonds is 2. The second-order valence-corrected chi connectivity index (χ2v) is 4.64. The topological polar surface area (TPSA) is 72.2 Å². The van der Waals surface area contributed by atoms with Crippen molar-refractivity contribution in [2.75, 3.05) is 0 Å². The van der Waals surface area contributed by atoms with Gasteiger partial charge in [0, 0.05) is 0 Å². The molecule has 5 nitrogen and oxygen atoms in total. The molecule has 0 fully saturated rings. The summed E-state index contributed by atoms with van der Waals surface area (Å²) in [6.45, 7) is 1.69. The second-order valence-electron chi connectivity index (χ2n) is 4.64. The van der Waals surface area contributed by atoms with Crippen LogP contribution in [0.15, 0.2) is 53.3 Å². The van der Waals surface area contributed by atoms with E-state index < -0.39 is 5.97 Å². The van der Waals surface area contributed by atoms with Crippen molar-refractivity contribution in [3.05, 3.63) is 70.3 Å². The molecule has 2 aromatic carbocycles. The van der Waals surface area contributed by atoms with Crippen molar-refractivity contribution in [3.63, 3.8) is 0 Å². The van der Waals surface area contributed by atoms with Crippen LogP contribution in [0.25, 0.3) is 16.6 Å². The zero-order chi connectivity index (χ0) is 15.0. The predicted molar refractivity (Wildman–Crippen MR) is 79.0 cm³/mol. The molecule has 0 saturated carbocycles. The van der Waals surface area contributed by atoms with E-state index >= 15 is 0 Å². The zero-order valence-corrected chi connectivity index (χ0v) is 11.3. The van der Waals surface area contributed by atoms with Gasteiger partial charge in [-0.3, -0.25) is 9.36 Å². The summed E-state index contributed by atoms with van der Waals surface area (Å²) in [4.78, 5) is 28.4. The number of carboxylic acid groups (broad SMARTS) is 1. The summed E-state index contributed by atoms with van der Waals surface area (Å²) >= 11 is 0. The minimum absolute atomic E-state index is 0.0692. The van der Waals surface area contributed by atoms with Gasteiger partial charge in [0.15, 0.2) is 0 Å². The van der Waals surface area contributed by atoms with Gasteiger partial charge in [0.1, 0.15) is 5.82 Å². The number of carbonyl (C=O) groups is 1. The molecule has 1 heterocycles. The normalized spacial score (nSPS) is 10.7. The Labute approximate surface area is 120 Å². The van der Waals surface area contributed by atoms with Crippen molar-refractivity contribution in [2.24, 2.45) is 0 Å². The number of para-hydroxylation sites is 2. The molecule has 0 amide bonds. The molecule has 5 heteroatoms. The van der Waals surface area contributed by atoms with Gasteiger partial charge >= 0.3 is 5.97 Å². The van der Waals surface area contributed by atoms with E-state index in [4.69, 9.17) is 0 Å². The molecule has 3 rings (SSSR count). The first-order valence-corrected chi connectivity index (χ1v) is 6.40. The van der Waals surface area contributed by atoms with Gasteiger partial charge in [-0.2, -0.15) is 0 Å². The van der Waals surface area contributed by atoms with E-state index in [9.17, 15) is 14.7 Å². The smallest absolute Gasteiger partial charge is 0.337 e. The highest BCUT2D eigenvalue weighted by Crippen LogP contribution is 2.16. The third-order valence-corrected chi connectivity index (χ3v) is 3.32. The molecule has 104 valence electrons. The van der Waals surface area contributed by atoms with Crippen LogP contribution in [0, 0.1) is 6.92 Å². The van der Waals surface area contributed by atoms with Crippen LogP contribution in [-0.4, -0.2) is 20.6 Å². The van der Waals surface area contributed by atoms with Crippen molar-refractivity contribution in [3.8, 4) is 5.69 Å². The van der Waals surface area contributed by atoms with Crippen LogP contribution in [0.2, 0.25) is 0 Å². The molecular weight excluding hydrogens is 268 g/mol. The summed E-state index contributed by atoms with van der Waals surface area (Å²) in [5.41, 5.74) is 0.724. The monoisotopic (exact) mass is 280 g/mol. The number of carboxylic acids is 1. The van der Waals surface area contributed by atoms with Crippen LogP contribution in [0.3, 0.4) is 0 Å². The molecule has 0 aliphatic heterocycles. The van der Waals surface area contributed by atoms with E-state index in [1.165, 1.54) is 10.6 Å². The van der Waals surface area contributed by atoms with Crippen LogP contribution in [0.5, 0.6) is 0 Å². The molecule has 0 saturated heterocycles. The SMILES string of the molecule is Cc1nc2ccccc2c(=O)n1-c1ccccc1C(=O)O. The minimum Gasteiger partial charge on any atom is -0.478 e. The summed E-state index contributed by atoms with van der Waals surface area (Å²) in [6.07, 6.45) is 0. The Morgan fingerprint density at radius 2 is 1.76 bits per heavy atom. The molecule has 0 unspecified atom stereocenters. The Morgan fingerprint density at radius 1 is 1.10 bits per heavy atom. The quantitative estimate of drug-likeness (QED) is 0.782. The lowest BCUT2D eigenvalue weighted by Gasteiger charge is -2.12. The number of aromatic carboxylic acids is 1. The second kappa shape index (κ2) is 4.86. The number of fused-ring (bicyclic) bond motifs is 1.